The van der Waals surface area contributed by atoms with E-state index in [2.05, 4.69) is 15.6 Å². The summed E-state index contributed by atoms with van der Waals surface area (Å²) >= 11 is 0. The van der Waals surface area contributed by atoms with Crippen molar-refractivity contribution in [1.82, 2.24) is 30.3 Å². The van der Waals surface area contributed by atoms with Gasteiger partial charge in [0.1, 0.15) is 23.5 Å². The van der Waals surface area contributed by atoms with Crippen molar-refractivity contribution in [2.45, 2.75) is 70.0 Å². The van der Waals surface area contributed by atoms with Gasteiger partial charge in [-0.2, -0.15) is 0 Å². The Labute approximate surface area is 277 Å². The van der Waals surface area contributed by atoms with Gasteiger partial charge in [-0.25, -0.2) is 9.78 Å². The molecule has 0 bridgehead atoms. The van der Waals surface area contributed by atoms with Crippen LogP contribution in [0, 0.1) is 6.92 Å². The first kappa shape index (κ1) is 34.4. The number of nitrogens with zero attached hydrogens (tertiary/aromatic N) is 4. The van der Waals surface area contributed by atoms with Gasteiger partial charge < -0.3 is 39.9 Å². The molecule has 2 aromatic rings. The largest absolute Gasteiger partial charge is 0.483 e. The van der Waals surface area contributed by atoms with E-state index in [4.69, 9.17) is 9.47 Å². The molecule has 2 aliphatic heterocycles. The molecule has 0 unspecified atom stereocenters. The Bertz CT molecular complexity index is 1570. The molecule has 1 aliphatic carbocycles. The number of hydrogen-bond donors (Lipinski definition) is 3. The normalized spacial score (nSPS) is 18.5. The Morgan fingerprint density at radius 1 is 0.979 bits per heavy atom. The lowest BCUT2D eigenvalue weighted by Gasteiger charge is -2.35. The Hall–Kier alpha value is -4.95. The lowest BCUT2D eigenvalue weighted by molar-refractivity contribution is -0.141. The van der Waals surface area contributed by atoms with Crippen molar-refractivity contribution in [3.63, 3.8) is 0 Å². The summed E-state index contributed by atoms with van der Waals surface area (Å²) < 4.78 is 10.7. The zero-order chi connectivity index (χ0) is 34.4. The topological polar surface area (TPSA) is 188 Å². The van der Waals surface area contributed by atoms with Crippen molar-refractivity contribution < 1.29 is 43.3 Å². The number of aryl methyl sites for hydroxylation is 1. The Balaban J connectivity index is 1.31. The predicted molar refractivity (Wildman–Crippen MR) is 171 cm³/mol. The molecule has 5 rings (SSSR count). The molecule has 1 aromatic carbocycles. The number of methoxy groups -OCH3 is 1. The molecule has 3 fully saturated rings. The molecule has 1 saturated carbocycles. The summed E-state index contributed by atoms with van der Waals surface area (Å²) in [5.41, 5.74) is 1.24. The Morgan fingerprint density at radius 2 is 1.71 bits per heavy atom. The quantitative estimate of drug-likeness (QED) is 0.296. The molecule has 15 nitrogen and oxygen atoms in total. The van der Waals surface area contributed by atoms with Crippen molar-refractivity contribution in [3.05, 3.63) is 35.5 Å². The third-order valence-electron chi connectivity index (χ3n) is 9.17. The number of pyridine rings is 1. The van der Waals surface area contributed by atoms with Gasteiger partial charge >= 0.3 is 12.1 Å². The number of benzene rings is 1. The van der Waals surface area contributed by atoms with Crippen LogP contribution in [0.15, 0.2) is 24.3 Å². The van der Waals surface area contributed by atoms with Crippen LogP contribution in [0.25, 0.3) is 10.9 Å². The molecular formula is C33H42N6O9. The zero-order valence-corrected chi connectivity index (χ0v) is 27.2. The molecule has 2 saturated heterocycles. The van der Waals surface area contributed by atoms with Gasteiger partial charge in [-0.3, -0.25) is 24.0 Å². The van der Waals surface area contributed by atoms with E-state index in [1.54, 1.807) is 17.0 Å². The fraction of sp³-hybridized carbons (Fsp3) is 0.545. The van der Waals surface area contributed by atoms with Crippen LogP contribution in [0.4, 0.5) is 4.79 Å². The molecule has 3 N–H and O–H groups in total. The number of carbonyl (C=O) groups excluding carboxylic acids is 5. The molecule has 3 heterocycles. The third kappa shape index (κ3) is 8.12. The van der Waals surface area contributed by atoms with Gasteiger partial charge in [0.05, 0.1) is 12.6 Å². The number of piperazine rings is 1. The summed E-state index contributed by atoms with van der Waals surface area (Å²) in [5.74, 6) is -1.98. The smallest absolute Gasteiger partial charge is 0.407 e. The number of rotatable bonds is 11. The number of amides is 5. The van der Waals surface area contributed by atoms with Crippen LogP contribution in [0.2, 0.25) is 0 Å². The number of aromatic nitrogens is 1. The minimum absolute atomic E-state index is 0.0493. The number of carbonyl (C=O) groups is 6. The predicted octanol–water partition coefficient (Wildman–Crippen LogP) is 1.46. The maximum Gasteiger partial charge on any atom is 0.407 e. The molecule has 0 radical (unpaired) electrons. The number of esters is 1. The van der Waals surface area contributed by atoms with E-state index in [1.807, 2.05) is 13.0 Å². The standard InChI is InChI=1S/C33H42N6O9/c1-20-8-9-22-24(17-20)35-25(18-27(22)48-19-28(40)39-12-4-7-26(39)31(43)34-21-5-3-6-21)30(42)36-23(10-11-29(41)47-2)32(44)37-13-15-38(16-14-37)33(45)46/h8-9,17-18,21,23,26H,3-7,10-16,19H2,1-2H3,(H,34,43)(H,36,42)(H,45,46)/t23-,26-/m0/s1. The number of nitrogens with one attached hydrogen (secondary N) is 2. The molecule has 0 spiro atoms. The maximum absolute atomic E-state index is 13.6. The first-order valence-corrected chi connectivity index (χ1v) is 16.3. The highest BCUT2D eigenvalue weighted by Crippen LogP contribution is 2.28. The van der Waals surface area contributed by atoms with Crippen LogP contribution in [0.1, 0.15) is 61.0 Å². The maximum atomic E-state index is 13.6. The average molecular weight is 667 g/mol. The molecular weight excluding hydrogens is 624 g/mol. The third-order valence-corrected chi connectivity index (χ3v) is 9.17. The Morgan fingerprint density at radius 3 is 2.38 bits per heavy atom. The second-order valence-electron chi connectivity index (χ2n) is 12.4. The van der Waals surface area contributed by atoms with E-state index in [-0.39, 0.29) is 74.9 Å². The van der Waals surface area contributed by atoms with Crippen LogP contribution < -0.4 is 15.4 Å². The van der Waals surface area contributed by atoms with Gasteiger partial charge in [0, 0.05) is 56.6 Å². The van der Waals surface area contributed by atoms with Gasteiger partial charge in [0.15, 0.2) is 6.61 Å². The summed E-state index contributed by atoms with van der Waals surface area (Å²) in [6.45, 7) is 2.46. The van der Waals surface area contributed by atoms with Crippen molar-refractivity contribution in [2.24, 2.45) is 0 Å². The van der Waals surface area contributed by atoms with Crippen molar-refractivity contribution >= 4 is 46.6 Å². The summed E-state index contributed by atoms with van der Waals surface area (Å²) in [4.78, 5) is 85.3. The van der Waals surface area contributed by atoms with E-state index >= 15 is 0 Å². The number of likely N-dealkylation sites (tertiary alicyclic amines) is 1. The van der Waals surface area contributed by atoms with Gasteiger partial charge in [-0.1, -0.05) is 6.07 Å². The first-order chi connectivity index (χ1) is 23.0. The second-order valence-corrected chi connectivity index (χ2v) is 12.4. The van der Waals surface area contributed by atoms with Crippen LogP contribution in [-0.2, 0) is 23.9 Å². The second kappa shape index (κ2) is 15.3. The molecule has 5 amide bonds. The van der Waals surface area contributed by atoms with E-state index in [9.17, 15) is 33.9 Å². The molecule has 3 aliphatic rings. The molecule has 1 aromatic heterocycles. The van der Waals surface area contributed by atoms with Gasteiger partial charge in [0.25, 0.3) is 11.8 Å². The van der Waals surface area contributed by atoms with Crippen molar-refractivity contribution in [2.75, 3.05) is 46.4 Å². The molecule has 2 atom stereocenters. The number of carboxylic acid groups (broad SMARTS) is 1. The number of ether oxygens (including phenoxy) is 2. The van der Waals surface area contributed by atoms with Crippen LogP contribution >= 0.6 is 0 Å². The van der Waals surface area contributed by atoms with Crippen LogP contribution in [0.3, 0.4) is 0 Å². The lowest BCUT2D eigenvalue weighted by atomic mass is 9.93. The molecule has 258 valence electrons. The fourth-order valence-corrected chi connectivity index (χ4v) is 6.14. The average Bonchev–Trinajstić information content (AvgIpc) is 3.56. The van der Waals surface area contributed by atoms with E-state index < -0.39 is 36.0 Å². The number of fused-ring (bicyclic) bond motifs is 1. The van der Waals surface area contributed by atoms with Crippen molar-refractivity contribution in [1.29, 1.82) is 0 Å². The van der Waals surface area contributed by atoms with E-state index in [0.29, 0.717) is 30.3 Å². The van der Waals surface area contributed by atoms with Gasteiger partial charge in [-0.05, 0) is 63.1 Å². The first-order valence-electron chi connectivity index (χ1n) is 16.3. The zero-order valence-electron chi connectivity index (χ0n) is 27.2. The summed E-state index contributed by atoms with van der Waals surface area (Å²) in [6.07, 6.45) is 3.00. The minimum atomic E-state index is -1.12. The minimum Gasteiger partial charge on any atom is -0.483 e. The summed E-state index contributed by atoms with van der Waals surface area (Å²) in [6, 6.07) is 5.30. The fourth-order valence-electron chi connectivity index (χ4n) is 6.14. The summed E-state index contributed by atoms with van der Waals surface area (Å²) in [5, 5.41) is 15.6. The van der Waals surface area contributed by atoms with Crippen LogP contribution in [0.5, 0.6) is 5.75 Å². The highest BCUT2D eigenvalue weighted by Gasteiger charge is 2.36. The van der Waals surface area contributed by atoms with Gasteiger partial charge in [-0.15, -0.1) is 0 Å². The van der Waals surface area contributed by atoms with Crippen LogP contribution in [-0.4, -0.2) is 125 Å². The monoisotopic (exact) mass is 666 g/mol. The SMILES string of the molecule is COC(=O)CC[C@H](NC(=O)c1cc(OCC(=O)N2CCC[C@H]2C(=O)NC2CCC2)c2ccc(C)cc2n1)C(=O)N1CCN(C(=O)O)CC1. The van der Waals surface area contributed by atoms with E-state index in [1.165, 1.54) is 23.0 Å². The molecule has 48 heavy (non-hydrogen) atoms. The molecule has 15 heteroatoms. The summed E-state index contributed by atoms with van der Waals surface area (Å²) in [7, 11) is 1.23. The van der Waals surface area contributed by atoms with E-state index in [0.717, 1.165) is 24.8 Å². The highest BCUT2D eigenvalue weighted by molar-refractivity contribution is 5.99. The number of hydrogen-bond acceptors (Lipinski definition) is 9. The highest BCUT2D eigenvalue weighted by atomic mass is 16.5. The van der Waals surface area contributed by atoms with Crippen molar-refractivity contribution in [3.8, 4) is 5.75 Å². The lowest BCUT2D eigenvalue weighted by Crippen LogP contribution is -2.55. The van der Waals surface area contributed by atoms with Gasteiger partial charge in [0.2, 0.25) is 11.8 Å². The Kier molecular flexibility index (Phi) is 11.0.